The molecule has 0 bridgehead atoms. The summed E-state index contributed by atoms with van der Waals surface area (Å²) in [6.45, 7) is 1.27. The van der Waals surface area contributed by atoms with Crippen LogP contribution in [0.15, 0.2) is 18.2 Å². The van der Waals surface area contributed by atoms with Crippen LogP contribution in [-0.4, -0.2) is 29.8 Å². The Kier molecular flexibility index (Phi) is 3.83. The fourth-order valence-electron chi connectivity index (χ4n) is 3.64. The molecule has 1 aromatic carbocycles. The Labute approximate surface area is 117 Å². The predicted octanol–water partition coefficient (Wildman–Crippen LogP) is 3.41. The van der Waals surface area contributed by atoms with Crippen molar-refractivity contribution in [1.82, 2.24) is 4.90 Å². The van der Waals surface area contributed by atoms with Crippen LogP contribution in [0.3, 0.4) is 0 Å². The topological polar surface area (TPSA) is 20.3 Å². The second kappa shape index (κ2) is 5.60. The molecular formula is C16H19F2NO. The van der Waals surface area contributed by atoms with Gasteiger partial charge in [0.2, 0.25) is 0 Å². The van der Waals surface area contributed by atoms with Crippen molar-refractivity contribution < 1.29 is 13.6 Å². The Bertz CT molecular complexity index is 517. The summed E-state index contributed by atoms with van der Waals surface area (Å²) in [4.78, 5) is 14.4. The third-order valence-electron chi connectivity index (χ3n) is 4.71. The maximum absolute atomic E-state index is 13.2. The van der Waals surface area contributed by atoms with Gasteiger partial charge >= 0.3 is 0 Å². The lowest BCUT2D eigenvalue weighted by atomic mass is 9.85. The van der Waals surface area contributed by atoms with E-state index in [1.165, 1.54) is 25.3 Å². The summed E-state index contributed by atoms with van der Waals surface area (Å²) in [5.74, 6) is -1.25. The molecule has 2 unspecified atom stereocenters. The quantitative estimate of drug-likeness (QED) is 0.790. The van der Waals surface area contributed by atoms with Crippen molar-refractivity contribution in [1.29, 1.82) is 0 Å². The van der Waals surface area contributed by atoms with Gasteiger partial charge in [0.1, 0.15) is 0 Å². The molecule has 0 spiro atoms. The van der Waals surface area contributed by atoms with Crippen molar-refractivity contribution in [3.8, 4) is 0 Å². The molecule has 2 atom stereocenters. The van der Waals surface area contributed by atoms with Gasteiger partial charge in [0, 0.05) is 11.6 Å². The molecule has 2 aliphatic rings. The highest BCUT2D eigenvalue weighted by Gasteiger charge is 2.36. The van der Waals surface area contributed by atoms with E-state index >= 15 is 0 Å². The molecule has 3 rings (SSSR count). The summed E-state index contributed by atoms with van der Waals surface area (Å²) in [6, 6.07) is 3.91. The van der Waals surface area contributed by atoms with Crippen molar-refractivity contribution in [3.05, 3.63) is 35.4 Å². The fourth-order valence-corrected chi connectivity index (χ4v) is 3.64. The SMILES string of the molecule is O=C(CN1CCC2CCCCC21)c1ccc(F)c(F)c1. The van der Waals surface area contributed by atoms with E-state index in [1.807, 2.05) is 0 Å². The average molecular weight is 279 g/mol. The lowest BCUT2D eigenvalue weighted by Crippen LogP contribution is -2.38. The normalized spacial score (nSPS) is 26.5. The fraction of sp³-hybridized carbons (Fsp3) is 0.562. The summed E-state index contributed by atoms with van der Waals surface area (Å²) >= 11 is 0. The molecule has 20 heavy (non-hydrogen) atoms. The van der Waals surface area contributed by atoms with Crippen LogP contribution in [0.5, 0.6) is 0 Å². The number of ketones is 1. The maximum atomic E-state index is 13.2. The molecule has 1 aliphatic heterocycles. The van der Waals surface area contributed by atoms with Gasteiger partial charge in [-0.1, -0.05) is 12.8 Å². The zero-order valence-electron chi connectivity index (χ0n) is 11.4. The Morgan fingerprint density at radius 3 is 2.75 bits per heavy atom. The maximum Gasteiger partial charge on any atom is 0.176 e. The van der Waals surface area contributed by atoms with Crippen LogP contribution in [0.4, 0.5) is 8.78 Å². The number of hydrogen-bond acceptors (Lipinski definition) is 2. The summed E-state index contributed by atoms with van der Waals surface area (Å²) in [5, 5.41) is 0. The second-order valence-electron chi connectivity index (χ2n) is 5.92. The molecule has 0 N–H and O–H groups in total. The largest absolute Gasteiger partial charge is 0.293 e. The molecule has 0 aromatic heterocycles. The van der Waals surface area contributed by atoms with Gasteiger partial charge in [-0.25, -0.2) is 8.78 Å². The van der Waals surface area contributed by atoms with Gasteiger partial charge in [0.25, 0.3) is 0 Å². The van der Waals surface area contributed by atoms with Crippen LogP contribution in [-0.2, 0) is 0 Å². The standard InChI is InChI=1S/C16H19F2NO/c17-13-6-5-12(9-14(13)18)16(20)10-19-8-7-11-3-1-2-4-15(11)19/h5-6,9,11,15H,1-4,7-8,10H2. The van der Waals surface area contributed by atoms with E-state index in [9.17, 15) is 13.6 Å². The number of Topliss-reactive ketones (excluding diaryl/α,β-unsaturated/α-hetero) is 1. The van der Waals surface area contributed by atoms with Crippen molar-refractivity contribution in [2.75, 3.05) is 13.1 Å². The molecule has 1 saturated heterocycles. The third-order valence-corrected chi connectivity index (χ3v) is 4.71. The van der Waals surface area contributed by atoms with E-state index < -0.39 is 11.6 Å². The molecule has 1 saturated carbocycles. The van der Waals surface area contributed by atoms with Gasteiger partial charge in [-0.2, -0.15) is 0 Å². The van der Waals surface area contributed by atoms with Crippen molar-refractivity contribution in [2.45, 2.75) is 38.1 Å². The zero-order chi connectivity index (χ0) is 14.1. The molecule has 0 amide bonds. The lowest BCUT2D eigenvalue weighted by Gasteiger charge is -2.31. The van der Waals surface area contributed by atoms with E-state index in [4.69, 9.17) is 0 Å². The van der Waals surface area contributed by atoms with Gasteiger partial charge in [0.05, 0.1) is 6.54 Å². The van der Waals surface area contributed by atoms with Crippen LogP contribution < -0.4 is 0 Å². The third kappa shape index (κ3) is 2.62. The average Bonchev–Trinajstić information content (AvgIpc) is 2.85. The molecule has 4 heteroatoms. The molecular weight excluding hydrogens is 260 g/mol. The monoisotopic (exact) mass is 279 g/mol. The molecule has 0 radical (unpaired) electrons. The summed E-state index contributed by atoms with van der Waals surface area (Å²) in [6.07, 6.45) is 6.12. The van der Waals surface area contributed by atoms with Gasteiger partial charge in [-0.15, -0.1) is 0 Å². The predicted molar refractivity (Wildman–Crippen MR) is 72.6 cm³/mol. The highest BCUT2D eigenvalue weighted by atomic mass is 19.2. The molecule has 2 nitrogen and oxygen atoms in total. The molecule has 108 valence electrons. The molecule has 2 fully saturated rings. The van der Waals surface area contributed by atoms with Crippen LogP contribution >= 0.6 is 0 Å². The first kappa shape index (κ1) is 13.7. The lowest BCUT2D eigenvalue weighted by molar-refractivity contribution is 0.0895. The van der Waals surface area contributed by atoms with Crippen molar-refractivity contribution in [2.24, 2.45) is 5.92 Å². The highest BCUT2D eigenvalue weighted by molar-refractivity contribution is 5.97. The highest BCUT2D eigenvalue weighted by Crippen LogP contribution is 2.36. The number of carbonyl (C=O) groups excluding carboxylic acids is 1. The Morgan fingerprint density at radius 2 is 1.95 bits per heavy atom. The van der Waals surface area contributed by atoms with Gasteiger partial charge in [-0.3, -0.25) is 9.69 Å². The number of nitrogens with zero attached hydrogens (tertiary/aromatic N) is 1. The smallest absolute Gasteiger partial charge is 0.176 e. The number of likely N-dealkylation sites (tertiary alicyclic amines) is 1. The van der Waals surface area contributed by atoms with Gasteiger partial charge in [-0.05, 0) is 49.9 Å². The van der Waals surface area contributed by atoms with Gasteiger partial charge in [0.15, 0.2) is 17.4 Å². The first-order valence-corrected chi connectivity index (χ1v) is 7.37. The second-order valence-corrected chi connectivity index (χ2v) is 5.92. The van der Waals surface area contributed by atoms with Crippen molar-refractivity contribution in [3.63, 3.8) is 0 Å². The van der Waals surface area contributed by atoms with E-state index in [2.05, 4.69) is 4.90 Å². The van der Waals surface area contributed by atoms with Crippen LogP contribution in [0.25, 0.3) is 0 Å². The number of halogens is 2. The number of benzene rings is 1. The van der Waals surface area contributed by atoms with E-state index in [0.717, 1.165) is 37.4 Å². The minimum Gasteiger partial charge on any atom is -0.293 e. The Balaban J connectivity index is 1.68. The summed E-state index contributed by atoms with van der Waals surface area (Å²) in [7, 11) is 0. The zero-order valence-corrected chi connectivity index (χ0v) is 11.4. The van der Waals surface area contributed by atoms with Crippen LogP contribution in [0, 0.1) is 17.6 Å². The Morgan fingerprint density at radius 1 is 1.15 bits per heavy atom. The first-order valence-electron chi connectivity index (χ1n) is 7.37. The molecule has 1 heterocycles. The first-order chi connectivity index (χ1) is 9.65. The Hall–Kier alpha value is -1.29. The molecule has 1 aliphatic carbocycles. The molecule has 1 aromatic rings. The minimum absolute atomic E-state index is 0.116. The number of carbonyl (C=O) groups is 1. The van der Waals surface area contributed by atoms with Crippen LogP contribution in [0.2, 0.25) is 0 Å². The van der Waals surface area contributed by atoms with E-state index in [1.54, 1.807) is 0 Å². The number of rotatable bonds is 3. The van der Waals surface area contributed by atoms with E-state index in [-0.39, 0.29) is 11.3 Å². The summed E-state index contributed by atoms with van der Waals surface area (Å²) < 4.78 is 26.1. The summed E-state index contributed by atoms with van der Waals surface area (Å²) in [5.41, 5.74) is 0.267. The number of hydrogen-bond donors (Lipinski definition) is 0. The number of fused-ring (bicyclic) bond motifs is 1. The van der Waals surface area contributed by atoms with E-state index in [0.29, 0.717) is 12.6 Å². The van der Waals surface area contributed by atoms with Gasteiger partial charge < -0.3 is 0 Å². The minimum atomic E-state index is -0.951. The van der Waals surface area contributed by atoms with Crippen molar-refractivity contribution >= 4 is 5.78 Å². The van der Waals surface area contributed by atoms with Crippen LogP contribution in [0.1, 0.15) is 42.5 Å².